The van der Waals surface area contributed by atoms with E-state index in [1.54, 1.807) is 0 Å². The van der Waals surface area contributed by atoms with Crippen LogP contribution in [0.25, 0.3) is 0 Å². The molecule has 0 aromatic carbocycles. The summed E-state index contributed by atoms with van der Waals surface area (Å²) in [6.45, 7) is 18.3. The van der Waals surface area contributed by atoms with E-state index >= 15 is 0 Å². The molecule has 1 fully saturated rings. The molecule has 1 aliphatic rings. The fourth-order valence-electron chi connectivity index (χ4n) is 3.70. The monoisotopic (exact) mass is 352 g/mol. The summed E-state index contributed by atoms with van der Waals surface area (Å²) < 4.78 is 11.5. The summed E-state index contributed by atoms with van der Waals surface area (Å²) in [5.74, 6) is 2.14. The van der Waals surface area contributed by atoms with Crippen molar-refractivity contribution < 1.29 is 9.47 Å². The molecule has 2 heteroatoms. The second-order valence-electron chi connectivity index (χ2n) is 9.33. The van der Waals surface area contributed by atoms with E-state index in [-0.39, 0.29) is 6.10 Å². The topological polar surface area (TPSA) is 18.5 Å². The molecule has 0 spiro atoms. The molecule has 1 aliphatic heterocycles. The third-order valence-corrected chi connectivity index (χ3v) is 5.53. The second kappa shape index (κ2) is 11.4. The first kappa shape index (κ1) is 22.7. The van der Waals surface area contributed by atoms with Crippen LogP contribution in [-0.2, 0) is 9.47 Å². The first-order valence-corrected chi connectivity index (χ1v) is 10.7. The zero-order valence-corrected chi connectivity index (χ0v) is 17.9. The molecule has 0 N–H and O–H groups in total. The molecular formula is C23H44O2. The Morgan fingerprint density at radius 1 is 0.920 bits per heavy atom. The molecule has 3 unspecified atom stereocenters. The van der Waals surface area contributed by atoms with Crippen LogP contribution in [0.2, 0.25) is 0 Å². The summed E-state index contributed by atoms with van der Waals surface area (Å²) in [6.07, 6.45) is 12.1. The summed E-state index contributed by atoms with van der Waals surface area (Å²) in [4.78, 5) is 0. The van der Waals surface area contributed by atoms with Crippen LogP contribution in [-0.4, -0.2) is 18.5 Å². The van der Waals surface area contributed by atoms with E-state index in [1.165, 1.54) is 56.9 Å². The van der Waals surface area contributed by atoms with Crippen LogP contribution in [0.3, 0.4) is 0 Å². The van der Waals surface area contributed by atoms with Crippen LogP contribution in [0.5, 0.6) is 0 Å². The van der Waals surface area contributed by atoms with Crippen molar-refractivity contribution in [3.8, 4) is 0 Å². The molecule has 2 nitrogen and oxygen atoms in total. The van der Waals surface area contributed by atoms with Crippen molar-refractivity contribution in [2.24, 2.45) is 17.8 Å². The Bertz CT molecular complexity index is 372. The van der Waals surface area contributed by atoms with Crippen LogP contribution in [0.1, 0.15) is 99.3 Å². The molecule has 3 atom stereocenters. The highest BCUT2D eigenvalue weighted by Gasteiger charge is 2.33. The van der Waals surface area contributed by atoms with Crippen molar-refractivity contribution in [3.63, 3.8) is 0 Å². The van der Waals surface area contributed by atoms with Crippen LogP contribution in [0.4, 0.5) is 0 Å². The van der Waals surface area contributed by atoms with Gasteiger partial charge in [-0.05, 0) is 50.0 Å². The minimum Gasteiger partial charge on any atom is -0.347 e. The quantitative estimate of drug-likeness (QED) is 0.328. The Morgan fingerprint density at radius 3 is 1.92 bits per heavy atom. The maximum absolute atomic E-state index is 5.88. The van der Waals surface area contributed by atoms with Gasteiger partial charge in [0.2, 0.25) is 0 Å². The lowest BCUT2D eigenvalue weighted by atomic mass is 9.91. The SMILES string of the molecule is C=C(CCCC(C)CCCC(C)CCCC(C)C)C1COC(C)(C)O1. The molecule has 0 aromatic heterocycles. The lowest BCUT2D eigenvalue weighted by Crippen LogP contribution is -2.22. The molecule has 0 saturated carbocycles. The van der Waals surface area contributed by atoms with E-state index in [1.807, 2.05) is 13.8 Å². The number of hydrogen-bond acceptors (Lipinski definition) is 2. The summed E-state index contributed by atoms with van der Waals surface area (Å²) in [7, 11) is 0. The van der Waals surface area contributed by atoms with Gasteiger partial charge in [0, 0.05) is 0 Å². The molecule has 1 rings (SSSR count). The van der Waals surface area contributed by atoms with Gasteiger partial charge in [0.05, 0.1) is 6.61 Å². The molecule has 0 amide bonds. The van der Waals surface area contributed by atoms with Gasteiger partial charge in [-0.1, -0.05) is 79.2 Å². The summed E-state index contributed by atoms with van der Waals surface area (Å²) in [6, 6.07) is 0. The first-order chi connectivity index (χ1) is 11.7. The fourth-order valence-corrected chi connectivity index (χ4v) is 3.70. The second-order valence-corrected chi connectivity index (χ2v) is 9.33. The van der Waals surface area contributed by atoms with Crippen LogP contribution in [0, 0.1) is 17.8 Å². The number of ether oxygens (including phenoxy) is 2. The maximum atomic E-state index is 5.88. The zero-order valence-electron chi connectivity index (χ0n) is 17.9. The van der Waals surface area contributed by atoms with Gasteiger partial charge in [0.15, 0.2) is 5.79 Å². The van der Waals surface area contributed by atoms with Crippen molar-refractivity contribution in [3.05, 3.63) is 12.2 Å². The average molecular weight is 353 g/mol. The molecule has 0 bridgehead atoms. The largest absolute Gasteiger partial charge is 0.347 e. The lowest BCUT2D eigenvalue weighted by Gasteiger charge is -2.19. The van der Waals surface area contributed by atoms with E-state index in [4.69, 9.17) is 9.47 Å². The Balaban J connectivity index is 2.03. The maximum Gasteiger partial charge on any atom is 0.163 e. The van der Waals surface area contributed by atoms with E-state index in [0.717, 1.165) is 24.2 Å². The van der Waals surface area contributed by atoms with E-state index in [2.05, 4.69) is 34.3 Å². The van der Waals surface area contributed by atoms with Crippen molar-refractivity contribution >= 4 is 0 Å². The standard InChI is InChI=1S/C23H44O2/c1-18(2)11-8-12-19(3)13-9-14-20(4)15-10-16-21(5)22-17-24-23(6,7)25-22/h18-20,22H,5,8-17H2,1-4,6-7H3. The number of hydrogen-bond donors (Lipinski definition) is 0. The fraction of sp³-hybridized carbons (Fsp3) is 0.913. The average Bonchev–Trinajstić information content (AvgIpc) is 2.87. The van der Waals surface area contributed by atoms with Gasteiger partial charge in [0.25, 0.3) is 0 Å². The van der Waals surface area contributed by atoms with Crippen LogP contribution < -0.4 is 0 Å². The highest BCUT2D eigenvalue weighted by molar-refractivity contribution is 5.04. The third-order valence-electron chi connectivity index (χ3n) is 5.53. The molecule has 0 radical (unpaired) electrons. The molecular weight excluding hydrogens is 308 g/mol. The van der Waals surface area contributed by atoms with Gasteiger partial charge in [-0.25, -0.2) is 0 Å². The lowest BCUT2D eigenvalue weighted by molar-refractivity contribution is -0.134. The van der Waals surface area contributed by atoms with Gasteiger partial charge >= 0.3 is 0 Å². The minimum atomic E-state index is -0.438. The number of rotatable bonds is 13. The Labute approximate surface area is 157 Å². The molecule has 1 heterocycles. The Morgan fingerprint density at radius 2 is 1.44 bits per heavy atom. The van der Waals surface area contributed by atoms with Crippen LogP contribution >= 0.6 is 0 Å². The highest BCUT2D eigenvalue weighted by atomic mass is 16.7. The van der Waals surface area contributed by atoms with E-state index in [0.29, 0.717) is 6.61 Å². The predicted octanol–water partition coefficient (Wildman–Crippen LogP) is 7.13. The van der Waals surface area contributed by atoms with Gasteiger partial charge < -0.3 is 9.47 Å². The highest BCUT2D eigenvalue weighted by Crippen LogP contribution is 2.28. The molecule has 0 aliphatic carbocycles. The van der Waals surface area contributed by atoms with Gasteiger partial charge in [0.1, 0.15) is 6.10 Å². The molecule has 0 aromatic rings. The summed E-state index contributed by atoms with van der Waals surface area (Å²) >= 11 is 0. The first-order valence-electron chi connectivity index (χ1n) is 10.7. The molecule has 1 saturated heterocycles. The Kier molecular flexibility index (Phi) is 10.3. The van der Waals surface area contributed by atoms with E-state index in [9.17, 15) is 0 Å². The molecule has 25 heavy (non-hydrogen) atoms. The normalized spacial score (nSPS) is 22.3. The van der Waals surface area contributed by atoms with Crippen LogP contribution in [0.15, 0.2) is 12.2 Å². The van der Waals surface area contributed by atoms with Crippen molar-refractivity contribution in [2.75, 3.05) is 6.61 Å². The zero-order chi connectivity index (χ0) is 18.9. The van der Waals surface area contributed by atoms with Crippen molar-refractivity contribution in [2.45, 2.75) is 111 Å². The van der Waals surface area contributed by atoms with Crippen molar-refractivity contribution in [1.82, 2.24) is 0 Å². The van der Waals surface area contributed by atoms with Crippen molar-refractivity contribution in [1.29, 1.82) is 0 Å². The smallest absolute Gasteiger partial charge is 0.163 e. The Hall–Kier alpha value is -0.340. The third kappa shape index (κ3) is 10.4. The van der Waals surface area contributed by atoms with Gasteiger partial charge in [-0.15, -0.1) is 0 Å². The minimum absolute atomic E-state index is 0.0944. The van der Waals surface area contributed by atoms with Gasteiger partial charge in [-0.3, -0.25) is 0 Å². The molecule has 148 valence electrons. The summed E-state index contributed by atoms with van der Waals surface area (Å²) in [5.41, 5.74) is 1.21. The van der Waals surface area contributed by atoms with Gasteiger partial charge in [-0.2, -0.15) is 0 Å². The summed E-state index contributed by atoms with van der Waals surface area (Å²) in [5, 5.41) is 0. The predicted molar refractivity (Wildman–Crippen MR) is 109 cm³/mol. The van der Waals surface area contributed by atoms with E-state index < -0.39 is 5.79 Å².